The molecule has 0 aliphatic carbocycles. The minimum atomic E-state index is -3.19. The summed E-state index contributed by atoms with van der Waals surface area (Å²) < 4.78 is 72.5. The summed E-state index contributed by atoms with van der Waals surface area (Å²) in [5.41, 5.74) is -1.70. The number of rotatable bonds is 8. The van der Waals surface area contributed by atoms with Gasteiger partial charge < -0.3 is 19.5 Å². The highest BCUT2D eigenvalue weighted by molar-refractivity contribution is 6.03. The zero-order valence-electron chi connectivity index (χ0n) is 22.7. The average molecular weight is 596 g/mol. The second-order valence-electron chi connectivity index (χ2n) is 8.95. The zero-order valence-corrected chi connectivity index (χ0v) is 22.7. The number of hydrogen-bond acceptors (Lipinski definition) is 8. The molecule has 1 N–H and O–H groups in total. The van der Waals surface area contributed by atoms with Crippen molar-refractivity contribution in [3.05, 3.63) is 94.0 Å². The van der Waals surface area contributed by atoms with Gasteiger partial charge in [-0.1, -0.05) is 12.1 Å². The Hall–Kier alpha value is -5.53. The van der Waals surface area contributed by atoms with Crippen molar-refractivity contribution in [3.8, 4) is 34.3 Å². The quantitative estimate of drug-likeness (QED) is 0.221. The minimum Gasteiger partial charge on any atom is -0.491 e. The topological polar surface area (TPSA) is 117 Å². The third-order valence-corrected chi connectivity index (χ3v) is 6.32. The number of alkyl halides is 2. The number of benzene rings is 2. The summed E-state index contributed by atoms with van der Waals surface area (Å²) in [6.07, 6.45) is 1.43. The maximum absolute atomic E-state index is 15.1. The van der Waals surface area contributed by atoms with Gasteiger partial charge in [-0.25, -0.2) is 18.4 Å². The summed E-state index contributed by atoms with van der Waals surface area (Å²) in [6.45, 7) is -1.97. The Morgan fingerprint density at radius 3 is 2.35 bits per heavy atom. The summed E-state index contributed by atoms with van der Waals surface area (Å²) in [5, 5.41) is 5.83. The van der Waals surface area contributed by atoms with Crippen LogP contribution in [-0.2, 0) is 0 Å². The third kappa shape index (κ3) is 5.66. The van der Waals surface area contributed by atoms with Crippen molar-refractivity contribution >= 4 is 22.6 Å². The molecule has 1 amide bonds. The van der Waals surface area contributed by atoms with Crippen LogP contribution in [-0.4, -0.2) is 39.9 Å². The van der Waals surface area contributed by atoms with E-state index in [1.807, 2.05) is 0 Å². The van der Waals surface area contributed by atoms with E-state index in [0.29, 0.717) is 11.3 Å². The molecule has 10 nitrogen and oxygen atoms in total. The standard InChI is InChI=1S/C29H21F4N5O5/c1-14-23(15-4-6-16(30)7-5-15)26(39)25(37-38(14)29(32)33)27(40)35-17-8-9-20(18(31)12-17)43-21-10-11-34-19-13-22(41-2)28(42-3)36-24(19)21/h4-13,29H,1-3H3,(H,35,40). The monoisotopic (exact) mass is 595 g/mol. The van der Waals surface area contributed by atoms with E-state index in [2.05, 4.69) is 20.4 Å². The van der Waals surface area contributed by atoms with Crippen molar-refractivity contribution in [2.45, 2.75) is 13.5 Å². The SMILES string of the molecule is COc1cc2nccc(Oc3ccc(NC(=O)c4nn(C(F)F)c(C)c(-c5ccc(F)cc5)c4=O)cc3F)c2nc1OC. The molecule has 3 aromatic heterocycles. The number of nitrogens with one attached hydrogen (secondary N) is 1. The average Bonchev–Trinajstić information content (AvgIpc) is 2.98. The second kappa shape index (κ2) is 11.8. The lowest BCUT2D eigenvalue weighted by Gasteiger charge is -2.15. The molecule has 0 bridgehead atoms. The second-order valence-corrected chi connectivity index (χ2v) is 8.95. The molecule has 0 aliphatic heterocycles. The molecule has 0 unspecified atom stereocenters. The Bertz CT molecular complexity index is 1920. The van der Waals surface area contributed by atoms with E-state index < -0.39 is 35.2 Å². The lowest BCUT2D eigenvalue weighted by Crippen LogP contribution is -2.29. The first-order valence-corrected chi connectivity index (χ1v) is 12.4. The van der Waals surface area contributed by atoms with Crippen LogP contribution in [0.1, 0.15) is 22.7 Å². The van der Waals surface area contributed by atoms with E-state index in [-0.39, 0.29) is 50.1 Å². The number of fused-ring (bicyclic) bond motifs is 1. The molecule has 220 valence electrons. The maximum atomic E-state index is 15.1. The van der Waals surface area contributed by atoms with Crippen molar-refractivity contribution in [1.82, 2.24) is 19.7 Å². The Morgan fingerprint density at radius 2 is 1.70 bits per heavy atom. The number of amides is 1. The first kappa shape index (κ1) is 29.0. The molecule has 14 heteroatoms. The number of nitrogens with zero attached hydrogens (tertiary/aromatic N) is 4. The van der Waals surface area contributed by atoms with Gasteiger partial charge in [-0.2, -0.15) is 13.9 Å². The molecule has 0 fully saturated rings. The molecule has 0 saturated heterocycles. The predicted octanol–water partition coefficient (Wildman–Crippen LogP) is 5.90. The van der Waals surface area contributed by atoms with Gasteiger partial charge in [-0.3, -0.25) is 14.6 Å². The predicted molar refractivity (Wildman–Crippen MR) is 147 cm³/mol. The summed E-state index contributed by atoms with van der Waals surface area (Å²) in [6, 6.07) is 11.0. The molecule has 43 heavy (non-hydrogen) atoms. The van der Waals surface area contributed by atoms with Gasteiger partial charge in [0.1, 0.15) is 11.3 Å². The van der Waals surface area contributed by atoms with Gasteiger partial charge in [0.2, 0.25) is 5.43 Å². The lowest BCUT2D eigenvalue weighted by atomic mass is 10.0. The Balaban J connectivity index is 1.45. The van der Waals surface area contributed by atoms with Crippen molar-refractivity contribution in [1.29, 1.82) is 0 Å². The number of ether oxygens (including phenoxy) is 3. The molecule has 3 heterocycles. The van der Waals surface area contributed by atoms with E-state index in [9.17, 15) is 22.8 Å². The van der Waals surface area contributed by atoms with E-state index in [0.717, 1.165) is 18.2 Å². The van der Waals surface area contributed by atoms with Crippen molar-refractivity contribution in [3.63, 3.8) is 0 Å². The molecular weight excluding hydrogens is 574 g/mol. The number of aromatic nitrogens is 4. The Kier molecular flexibility index (Phi) is 7.92. The fourth-order valence-corrected chi connectivity index (χ4v) is 4.28. The first-order valence-electron chi connectivity index (χ1n) is 12.4. The first-order chi connectivity index (χ1) is 20.6. The molecular formula is C29H21F4N5O5. The zero-order chi connectivity index (χ0) is 30.8. The third-order valence-electron chi connectivity index (χ3n) is 6.32. The molecule has 5 aromatic rings. The normalized spacial score (nSPS) is 11.1. The fourth-order valence-electron chi connectivity index (χ4n) is 4.28. The number of anilines is 1. The van der Waals surface area contributed by atoms with Crippen molar-refractivity contribution < 1.29 is 36.6 Å². The van der Waals surface area contributed by atoms with Crippen LogP contribution in [0.25, 0.3) is 22.2 Å². The number of carbonyl (C=O) groups is 1. The van der Waals surface area contributed by atoms with Gasteiger partial charge >= 0.3 is 6.55 Å². The minimum absolute atomic E-state index is 0.108. The molecule has 5 rings (SSSR count). The van der Waals surface area contributed by atoms with Gasteiger partial charge in [0, 0.05) is 30.1 Å². The van der Waals surface area contributed by atoms with Gasteiger partial charge in [0.15, 0.2) is 28.8 Å². The number of carbonyl (C=O) groups excluding carboxylic acids is 1. The van der Waals surface area contributed by atoms with Crippen LogP contribution in [0, 0.1) is 18.6 Å². The van der Waals surface area contributed by atoms with Crippen LogP contribution < -0.4 is 25.0 Å². The Morgan fingerprint density at radius 1 is 0.953 bits per heavy atom. The Labute approximate surface area is 240 Å². The maximum Gasteiger partial charge on any atom is 0.333 e. The van der Waals surface area contributed by atoms with Crippen LogP contribution in [0.2, 0.25) is 0 Å². The van der Waals surface area contributed by atoms with Gasteiger partial charge in [0.25, 0.3) is 11.8 Å². The van der Waals surface area contributed by atoms with Crippen molar-refractivity contribution in [2.24, 2.45) is 0 Å². The van der Waals surface area contributed by atoms with Crippen molar-refractivity contribution in [2.75, 3.05) is 19.5 Å². The summed E-state index contributed by atoms with van der Waals surface area (Å²) in [7, 11) is 2.84. The summed E-state index contributed by atoms with van der Waals surface area (Å²) in [5.74, 6) is -2.28. The van der Waals surface area contributed by atoms with Gasteiger partial charge in [0.05, 0.1) is 31.0 Å². The molecule has 0 saturated carbocycles. The highest BCUT2D eigenvalue weighted by Gasteiger charge is 2.24. The van der Waals surface area contributed by atoms with E-state index in [1.165, 1.54) is 57.7 Å². The highest BCUT2D eigenvalue weighted by Crippen LogP contribution is 2.35. The van der Waals surface area contributed by atoms with Crippen LogP contribution in [0.3, 0.4) is 0 Å². The van der Waals surface area contributed by atoms with E-state index in [1.54, 1.807) is 6.07 Å². The van der Waals surface area contributed by atoms with Gasteiger partial charge in [-0.05, 0) is 36.8 Å². The largest absolute Gasteiger partial charge is 0.491 e. The molecule has 0 radical (unpaired) electrons. The number of hydrogen-bond donors (Lipinski definition) is 1. The lowest BCUT2D eigenvalue weighted by molar-refractivity contribution is 0.0517. The van der Waals surface area contributed by atoms with Gasteiger partial charge in [-0.15, -0.1) is 0 Å². The smallest absolute Gasteiger partial charge is 0.333 e. The number of pyridine rings is 2. The van der Waals surface area contributed by atoms with Crippen LogP contribution in [0.15, 0.2) is 65.6 Å². The summed E-state index contributed by atoms with van der Waals surface area (Å²) in [4.78, 5) is 34.8. The van der Waals surface area contributed by atoms with Crippen LogP contribution >= 0.6 is 0 Å². The molecule has 2 aromatic carbocycles. The number of methoxy groups -OCH3 is 2. The summed E-state index contributed by atoms with van der Waals surface area (Å²) >= 11 is 0. The van der Waals surface area contributed by atoms with E-state index >= 15 is 4.39 Å². The van der Waals surface area contributed by atoms with E-state index in [4.69, 9.17) is 14.2 Å². The van der Waals surface area contributed by atoms with Crippen LogP contribution in [0.5, 0.6) is 23.1 Å². The molecule has 0 atom stereocenters. The molecule has 0 aliphatic rings. The number of halogens is 4. The van der Waals surface area contributed by atoms with Crippen LogP contribution in [0.4, 0.5) is 23.2 Å². The highest BCUT2D eigenvalue weighted by atomic mass is 19.3. The molecule has 0 spiro atoms. The fraction of sp³-hybridized carbons (Fsp3) is 0.138.